The molecule has 100 valence electrons. The molecule has 2 aliphatic rings. The fourth-order valence-corrected chi connectivity index (χ4v) is 3.17. The Hall–Kier alpha value is -0.910. The third-order valence-electron chi connectivity index (χ3n) is 4.17. The molecule has 2 saturated heterocycles. The van der Waals surface area contributed by atoms with E-state index in [1.54, 1.807) is 7.11 Å². The van der Waals surface area contributed by atoms with E-state index in [1.165, 1.54) is 32.0 Å². The first-order valence-electron chi connectivity index (χ1n) is 6.79. The number of nitrogens with zero attached hydrogens (tertiary/aromatic N) is 3. The zero-order chi connectivity index (χ0) is 12.4. The van der Waals surface area contributed by atoms with Crippen LogP contribution in [0.3, 0.4) is 0 Å². The summed E-state index contributed by atoms with van der Waals surface area (Å²) in [6, 6.07) is 0. The summed E-state index contributed by atoms with van der Waals surface area (Å²) in [5.74, 6) is 2.87. The maximum absolute atomic E-state index is 5.13. The van der Waals surface area contributed by atoms with Gasteiger partial charge in [-0.15, -0.1) is 0 Å². The summed E-state index contributed by atoms with van der Waals surface area (Å²) in [5, 5.41) is 3.48. The van der Waals surface area contributed by atoms with E-state index in [2.05, 4.69) is 19.8 Å². The van der Waals surface area contributed by atoms with E-state index in [0.29, 0.717) is 0 Å². The maximum atomic E-state index is 5.13. The van der Waals surface area contributed by atoms with Gasteiger partial charge in [0.1, 0.15) is 5.82 Å². The highest BCUT2D eigenvalue weighted by atomic mass is 16.5. The van der Waals surface area contributed by atoms with Crippen LogP contribution in [0.25, 0.3) is 0 Å². The van der Waals surface area contributed by atoms with Gasteiger partial charge < -0.3 is 14.6 Å². The number of hydrogen-bond acceptors (Lipinski definition) is 4. The molecule has 3 rings (SSSR count). The highest BCUT2D eigenvalue weighted by Gasteiger charge is 2.36. The van der Waals surface area contributed by atoms with Crippen LogP contribution in [-0.4, -0.2) is 54.3 Å². The van der Waals surface area contributed by atoms with Crippen molar-refractivity contribution in [3.63, 3.8) is 0 Å². The number of methoxy groups -OCH3 is 1. The van der Waals surface area contributed by atoms with Gasteiger partial charge in [0.2, 0.25) is 0 Å². The topological polar surface area (TPSA) is 42.3 Å². The lowest BCUT2D eigenvalue weighted by Gasteiger charge is -2.17. The van der Waals surface area contributed by atoms with E-state index < -0.39 is 0 Å². The normalized spacial score (nSPS) is 27.8. The molecule has 0 amide bonds. The Labute approximate surface area is 108 Å². The van der Waals surface area contributed by atoms with Gasteiger partial charge >= 0.3 is 0 Å². The van der Waals surface area contributed by atoms with Gasteiger partial charge in [0.05, 0.1) is 13.2 Å². The van der Waals surface area contributed by atoms with E-state index in [0.717, 1.165) is 31.5 Å². The molecule has 0 unspecified atom stereocenters. The van der Waals surface area contributed by atoms with Gasteiger partial charge in [-0.3, -0.25) is 4.90 Å². The van der Waals surface area contributed by atoms with Crippen molar-refractivity contribution in [1.29, 1.82) is 0 Å². The molecular weight excluding hydrogens is 228 g/mol. The van der Waals surface area contributed by atoms with E-state index in [1.807, 2.05) is 12.4 Å². The van der Waals surface area contributed by atoms with Crippen LogP contribution in [0.5, 0.6) is 0 Å². The number of fused-ring (bicyclic) bond motifs is 1. The molecule has 0 spiro atoms. The van der Waals surface area contributed by atoms with Gasteiger partial charge in [0, 0.05) is 39.1 Å². The fourth-order valence-electron chi connectivity index (χ4n) is 3.17. The number of aromatic nitrogens is 2. The van der Waals surface area contributed by atoms with Crippen LogP contribution in [-0.2, 0) is 17.8 Å². The monoisotopic (exact) mass is 250 g/mol. The van der Waals surface area contributed by atoms with Crippen LogP contribution in [0.15, 0.2) is 12.4 Å². The van der Waals surface area contributed by atoms with Gasteiger partial charge in [0.25, 0.3) is 0 Å². The van der Waals surface area contributed by atoms with Crippen LogP contribution in [0.2, 0.25) is 0 Å². The number of nitrogens with one attached hydrogen (secondary N) is 1. The molecule has 0 aliphatic carbocycles. The second-order valence-corrected chi connectivity index (χ2v) is 5.40. The second-order valence-electron chi connectivity index (χ2n) is 5.40. The number of imidazole rings is 1. The lowest BCUT2D eigenvalue weighted by molar-refractivity contribution is 0.184. The number of ether oxygens (including phenoxy) is 1. The molecule has 1 N–H and O–H groups in total. The van der Waals surface area contributed by atoms with E-state index in [4.69, 9.17) is 4.74 Å². The fraction of sp³-hybridized carbons (Fsp3) is 0.769. The van der Waals surface area contributed by atoms with E-state index >= 15 is 0 Å². The lowest BCUT2D eigenvalue weighted by atomic mass is 10.0. The predicted octanol–water partition coefficient (Wildman–Crippen LogP) is 0.181. The van der Waals surface area contributed by atoms with Crippen molar-refractivity contribution in [1.82, 2.24) is 19.8 Å². The smallest absolute Gasteiger partial charge is 0.122 e. The predicted molar refractivity (Wildman–Crippen MR) is 69.2 cm³/mol. The Morgan fingerprint density at radius 1 is 1.39 bits per heavy atom. The van der Waals surface area contributed by atoms with Crippen LogP contribution in [0.4, 0.5) is 0 Å². The summed E-state index contributed by atoms with van der Waals surface area (Å²) in [4.78, 5) is 7.02. The minimum absolute atomic E-state index is 0.749. The standard InChI is InChI=1S/C13H22N4O/c1-18-5-4-17-3-2-15-13(17)10-16-8-11-6-14-7-12(11)9-16/h2-3,11-12,14H,4-10H2,1H3/t11-,12+. The third kappa shape index (κ3) is 2.43. The summed E-state index contributed by atoms with van der Waals surface area (Å²) in [5.41, 5.74) is 0. The first-order chi connectivity index (χ1) is 8.86. The highest BCUT2D eigenvalue weighted by Crippen LogP contribution is 2.27. The average molecular weight is 250 g/mol. The van der Waals surface area contributed by atoms with E-state index in [-0.39, 0.29) is 0 Å². The molecule has 0 saturated carbocycles. The van der Waals surface area contributed by atoms with Crippen molar-refractivity contribution < 1.29 is 4.74 Å². The molecular formula is C13H22N4O. The van der Waals surface area contributed by atoms with Crippen molar-refractivity contribution in [3.05, 3.63) is 18.2 Å². The molecule has 2 aliphatic heterocycles. The molecule has 3 heterocycles. The first kappa shape index (κ1) is 12.1. The molecule has 5 nitrogen and oxygen atoms in total. The van der Waals surface area contributed by atoms with Crippen molar-refractivity contribution in [2.24, 2.45) is 11.8 Å². The van der Waals surface area contributed by atoms with Gasteiger partial charge in [-0.25, -0.2) is 4.98 Å². The Balaban J connectivity index is 1.58. The van der Waals surface area contributed by atoms with Gasteiger partial charge in [-0.05, 0) is 24.9 Å². The van der Waals surface area contributed by atoms with E-state index in [9.17, 15) is 0 Å². The molecule has 5 heteroatoms. The van der Waals surface area contributed by atoms with Crippen molar-refractivity contribution >= 4 is 0 Å². The number of likely N-dealkylation sites (tertiary alicyclic amines) is 1. The SMILES string of the molecule is COCCn1ccnc1CN1C[C@H]2CNC[C@H]2C1. The Morgan fingerprint density at radius 2 is 2.17 bits per heavy atom. The summed E-state index contributed by atoms with van der Waals surface area (Å²) in [7, 11) is 1.74. The minimum Gasteiger partial charge on any atom is -0.383 e. The lowest BCUT2D eigenvalue weighted by Crippen LogP contribution is -2.27. The molecule has 1 aromatic heterocycles. The summed E-state index contributed by atoms with van der Waals surface area (Å²) in [6.45, 7) is 7.44. The third-order valence-corrected chi connectivity index (χ3v) is 4.17. The summed E-state index contributed by atoms with van der Waals surface area (Å²) < 4.78 is 7.33. The van der Waals surface area contributed by atoms with Crippen LogP contribution in [0.1, 0.15) is 5.82 Å². The van der Waals surface area contributed by atoms with Crippen molar-refractivity contribution in [3.8, 4) is 0 Å². The van der Waals surface area contributed by atoms with Crippen LogP contribution >= 0.6 is 0 Å². The summed E-state index contributed by atoms with van der Waals surface area (Å²) in [6.07, 6.45) is 3.94. The van der Waals surface area contributed by atoms with Gasteiger partial charge in [-0.2, -0.15) is 0 Å². The molecule has 18 heavy (non-hydrogen) atoms. The molecule has 0 radical (unpaired) electrons. The highest BCUT2D eigenvalue weighted by molar-refractivity contribution is 4.97. The quantitative estimate of drug-likeness (QED) is 0.809. The number of hydrogen-bond donors (Lipinski definition) is 1. The van der Waals surface area contributed by atoms with Crippen molar-refractivity contribution in [2.75, 3.05) is 39.9 Å². The van der Waals surface area contributed by atoms with Crippen LogP contribution < -0.4 is 5.32 Å². The average Bonchev–Trinajstić information content (AvgIpc) is 3.02. The minimum atomic E-state index is 0.749. The molecule has 2 fully saturated rings. The Bertz CT molecular complexity index is 380. The second kappa shape index (κ2) is 5.38. The van der Waals surface area contributed by atoms with Crippen LogP contribution in [0, 0.1) is 11.8 Å². The Kier molecular flexibility index (Phi) is 3.63. The van der Waals surface area contributed by atoms with Gasteiger partial charge in [0.15, 0.2) is 0 Å². The molecule has 0 bridgehead atoms. The Morgan fingerprint density at radius 3 is 2.89 bits per heavy atom. The first-order valence-corrected chi connectivity index (χ1v) is 6.79. The molecule has 2 atom stereocenters. The summed E-state index contributed by atoms with van der Waals surface area (Å²) >= 11 is 0. The largest absolute Gasteiger partial charge is 0.383 e. The number of rotatable bonds is 5. The zero-order valence-electron chi connectivity index (χ0n) is 11.0. The molecule has 1 aromatic rings. The maximum Gasteiger partial charge on any atom is 0.122 e. The zero-order valence-corrected chi connectivity index (χ0v) is 11.0. The molecule has 0 aromatic carbocycles. The van der Waals surface area contributed by atoms with Gasteiger partial charge in [-0.1, -0.05) is 0 Å². The van der Waals surface area contributed by atoms with Crippen molar-refractivity contribution in [2.45, 2.75) is 13.1 Å².